The first kappa shape index (κ1) is 15.8. The van der Waals surface area contributed by atoms with Crippen molar-refractivity contribution in [3.05, 3.63) is 35.4 Å². The van der Waals surface area contributed by atoms with E-state index in [9.17, 15) is 17.2 Å². The van der Waals surface area contributed by atoms with Crippen LogP contribution in [0.25, 0.3) is 0 Å². The summed E-state index contributed by atoms with van der Waals surface area (Å²) in [7, 11) is -3.10. The number of benzene rings is 1. The van der Waals surface area contributed by atoms with E-state index in [0.717, 1.165) is 18.9 Å². The lowest BCUT2D eigenvalue weighted by atomic mass is 10.1. The summed E-state index contributed by atoms with van der Waals surface area (Å²) in [5.74, 6) is -1.66. The van der Waals surface area contributed by atoms with Gasteiger partial charge in [0.05, 0.1) is 5.25 Å². The molecule has 0 bridgehead atoms. The van der Waals surface area contributed by atoms with Gasteiger partial charge in [0.1, 0.15) is 0 Å². The van der Waals surface area contributed by atoms with Crippen LogP contribution in [0.3, 0.4) is 0 Å². The van der Waals surface area contributed by atoms with Gasteiger partial charge in [0.2, 0.25) is 10.0 Å². The average Bonchev–Trinajstić information content (AvgIpc) is 3.34. The fourth-order valence-corrected chi connectivity index (χ4v) is 4.70. The van der Waals surface area contributed by atoms with Crippen LogP contribution in [0.15, 0.2) is 18.2 Å². The van der Waals surface area contributed by atoms with E-state index in [-0.39, 0.29) is 17.8 Å². The van der Waals surface area contributed by atoms with E-state index in [2.05, 4.69) is 5.32 Å². The van der Waals surface area contributed by atoms with E-state index in [0.29, 0.717) is 31.5 Å². The molecule has 1 N–H and O–H groups in total. The van der Waals surface area contributed by atoms with Crippen LogP contribution in [0, 0.1) is 11.6 Å². The molecule has 0 amide bonds. The topological polar surface area (TPSA) is 49.4 Å². The van der Waals surface area contributed by atoms with Crippen molar-refractivity contribution in [1.82, 2.24) is 9.62 Å². The number of nitrogens with one attached hydrogen (secondary N) is 1. The maximum absolute atomic E-state index is 13.6. The Morgan fingerprint density at radius 3 is 2.45 bits per heavy atom. The molecule has 0 atom stereocenters. The van der Waals surface area contributed by atoms with Gasteiger partial charge >= 0.3 is 0 Å². The van der Waals surface area contributed by atoms with E-state index in [1.54, 1.807) is 10.4 Å². The average molecular weight is 330 g/mol. The minimum atomic E-state index is -3.10. The molecule has 1 aliphatic carbocycles. The summed E-state index contributed by atoms with van der Waals surface area (Å²) in [6.07, 6.45) is 2.95. The summed E-state index contributed by atoms with van der Waals surface area (Å²) in [6, 6.07) is 4.27. The predicted molar refractivity (Wildman–Crippen MR) is 79.7 cm³/mol. The maximum atomic E-state index is 13.6. The molecular formula is C15H20F2N2O2S. The minimum absolute atomic E-state index is 0.133. The second-order valence-electron chi connectivity index (χ2n) is 6.01. The van der Waals surface area contributed by atoms with Crippen molar-refractivity contribution < 1.29 is 17.2 Å². The van der Waals surface area contributed by atoms with Crippen LogP contribution in [0.4, 0.5) is 8.78 Å². The van der Waals surface area contributed by atoms with Gasteiger partial charge in [-0.2, -0.15) is 0 Å². The molecular weight excluding hydrogens is 310 g/mol. The zero-order chi connectivity index (χ0) is 15.7. The first-order valence-corrected chi connectivity index (χ1v) is 9.14. The van der Waals surface area contributed by atoms with Crippen molar-refractivity contribution in [2.24, 2.45) is 0 Å². The monoisotopic (exact) mass is 330 g/mol. The number of sulfonamides is 1. The van der Waals surface area contributed by atoms with Gasteiger partial charge in [-0.05, 0) is 31.7 Å². The minimum Gasteiger partial charge on any atom is -0.310 e. The Hall–Kier alpha value is -1.05. The normalized spacial score (nSPS) is 21.2. The Kier molecular flexibility index (Phi) is 4.47. The van der Waals surface area contributed by atoms with Gasteiger partial charge < -0.3 is 5.32 Å². The molecule has 0 unspecified atom stereocenters. The number of hydrogen-bond donors (Lipinski definition) is 1. The van der Waals surface area contributed by atoms with Gasteiger partial charge in [-0.1, -0.05) is 12.1 Å². The van der Waals surface area contributed by atoms with E-state index in [1.807, 2.05) is 0 Å². The summed E-state index contributed by atoms with van der Waals surface area (Å²) in [6.45, 7) is 1.26. The second kappa shape index (κ2) is 6.22. The molecule has 3 rings (SSSR count). The fourth-order valence-electron chi connectivity index (χ4n) is 2.83. The highest BCUT2D eigenvalue weighted by Gasteiger charge is 2.41. The smallest absolute Gasteiger partial charge is 0.216 e. The van der Waals surface area contributed by atoms with Gasteiger partial charge in [0.25, 0.3) is 0 Å². The first-order valence-electron chi connectivity index (χ1n) is 7.63. The summed E-state index contributed by atoms with van der Waals surface area (Å²) >= 11 is 0. The lowest BCUT2D eigenvalue weighted by molar-refractivity contribution is 0.287. The van der Waals surface area contributed by atoms with Gasteiger partial charge in [-0.3, -0.25) is 0 Å². The highest BCUT2D eigenvalue weighted by Crippen LogP contribution is 2.32. The molecule has 0 radical (unpaired) electrons. The number of rotatable bonds is 5. The lowest BCUT2D eigenvalue weighted by Gasteiger charge is -2.31. The van der Waals surface area contributed by atoms with Crippen LogP contribution in [0.2, 0.25) is 0 Å². The summed E-state index contributed by atoms with van der Waals surface area (Å²) < 4.78 is 52.5. The van der Waals surface area contributed by atoms with E-state index in [4.69, 9.17) is 0 Å². The van der Waals surface area contributed by atoms with Crippen LogP contribution in [-0.4, -0.2) is 37.1 Å². The van der Waals surface area contributed by atoms with Crippen molar-refractivity contribution in [2.45, 2.75) is 43.5 Å². The van der Waals surface area contributed by atoms with Crippen molar-refractivity contribution in [3.63, 3.8) is 0 Å². The standard InChI is InChI=1S/C15H20F2N2O2S/c16-14-3-1-2-11(15(14)17)10-18-12-6-8-19(9-7-12)22(20,21)13-4-5-13/h1-3,12-13,18H,4-10H2. The van der Waals surface area contributed by atoms with Crippen LogP contribution in [0.5, 0.6) is 0 Å². The molecule has 122 valence electrons. The SMILES string of the molecule is O=S(=O)(C1CC1)N1CCC(NCc2cccc(F)c2F)CC1. The molecule has 1 aromatic rings. The molecule has 0 spiro atoms. The summed E-state index contributed by atoms with van der Waals surface area (Å²) in [4.78, 5) is 0. The first-order chi connectivity index (χ1) is 10.5. The molecule has 0 aromatic heterocycles. The number of halogens is 2. The highest BCUT2D eigenvalue weighted by atomic mass is 32.2. The third-order valence-corrected chi connectivity index (χ3v) is 6.77. The van der Waals surface area contributed by atoms with E-state index < -0.39 is 21.7 Å². The number of nitrogens with zero attached hydrogens (tertiary/aromatic N) is 1. The molecule has 4 nitrogen and oxygen atoms in total. The molecule has 22 heavy (non-hydrogen) atoms. The van der Waals surface area contributed by atoms with E-state index in [1.165, 1.54) is 6.07 Å². The van der Waals surface area contributed by atoms with Crippen molar-refractivity contribution in [2.75, 3.05) is 13.1 Å². The molecule has 2 fully saturated rings. The van der Waals surface area contributed by atoms with Crippen LogP contribution in [0.1, 0.15) is 31.2 Å². The lowest BCUT2D eigenvalue weighted by Crippen LogP contribution is -2.45. The third-order valence-electron chi connectivity index (χ3n) is 4.37. The van der Waals surface area contributed by atoms with Gasteiger partial charge in [-0.15, -0.1) is 0 Å². The zero-order valence-electron chi connectivity index (χ0n) is 12.3. The summed E-state index contributed by atoms with van der Waals surface area (Å²) in [5, 5.41) is 3.03. The van der Waals surface area contributed by atoms with Crippen molar-refractivity contribution in [1.29, 1.82) is 0 Å². The fraction of sp³-hybridized carbons (Fsp3) is 0.600. The molecule has 1 aliphatic heterocycles. The predicted octanol–water partition coefficient (Wildman–Crippen LogP) is 2.01. The third kappa shape index (κ3) is 3.31. The Labute approximate surface area is 129 Å². The summed E-state index contributed by atoms with van der Waals surface area (Å²) in [5.41, 5.74) is 0.299. The molecule has 1 aromatic carbocycles. The van der Waals surface area contributed by atoms with Crippen LogP contribution >= 0.6 is 0 Å². The number of hydrogen-bond acceptors (Lipinski definition) is 3. The Morgan fingerprint density at radius 1 is 1.14 bits per heavy atom. The largest absolute Gasteiger partial charge is 0.310 e. The molecule has 1 saturated carbocycles. The van der Waals surface area contributed by atoms with Crippen LogP contribution < -0.4 is 5.32 Å². The Morgan fingerprint density at radius 2 is 1.82 bits per heavy atom. The van der Waals surface area contributed by atoms with Crippen molar-refractivity contribution in [3.8, 4) is 0 Å². The van der Waals surface area contributed by atoms with Gasteiger partial charge in [-0.25, -0.2) is 21.5 Å². The molecule has 1 heterocycles. The van der Waals surface area contributed by atoms with Gasteiger partial charge in [0.15, 0.2) is 11.6 Å². The second-order valence-corrected chi connectivity index (χ2v) is 8.22. The quantitative estimate of drug-likeness (QED) is 0.898. The van der Waals surface area contributed by atoms with Crippen LogP contribution in [-0.2, 0) is 16.6 Å². The highest BCUT2D eigenvalue weighted by molar-refractivity contribution is 7.90. The zero-order valence-corrected chi connectivity index (χ0v) is 13.1. The maximum Gasteiger partial charge on any atom is 0.216 e. The van der Waals surface area contributed by atoms with Gasteiger partial charge in [0, 0.05) is 31.2 Å². The molecule has 1 saturated heterocycles. The van der Waals surface area contributed by atoms with E-state index >= 15 is 0 Å². The molecule has 7 heteroatoms. The van der Waals surface area contributed by atoms with Crippen molar-refractivity contribution >= 4 is 10.0 Å². The Bertz CT molecular complexity index is 639. The Balaban J connectivity index is 1.51. The molecule has 2 aliphatic rings. The number of piperidine rings is 1.